The van der Waals surface area contributed by atoms with Gasteiger partial charge in [0.2, 0.25) is 0 Å². The Bertz CT molecular complexity index is 1120. The van der Waals surface area contributed by atoms with E-state index in [0.29, 0.717) is 34.1 Å². The van der Waals surface area contributed by atoms with E-state index in [1.54, 1.807) is 12.4 Å². The molecule has 162 valence electrons. The summed E-state index contributed by atoms with van der Waals surface area (Å²) in [5, 5.41) is 3.16. The maximum Gasteiger partial charge on any atom is 0.416 e. The molecule has 0 atom stereocenters. The van der Waals surface area contributed by atoms with Crippen LogP contribution in [-0.4, -0.2) is 21.5 Å². The van der Waals surface area contributed by atoms with Gasteiger partial charge in [0, 0.05) is 12.6 Å². The zero-order valence-electron chi connectivity index (χ0n) is 17.2. The zero-order chi connectivity index (χ0) is 21.8. The van der Waals surface area contributed by atoms with Crippen molar-refractivity contribution in [3.05, 3.63) is 65.5 Å². The number of nitrogens with one attached hydrogen (secondary N) is 1. The van der Waals surface area contributed by atoms with Crippen molar-refractivity contribution < 1.29 is 18.0 Å². The third-order valence-electron chi connectivity index (χ3n) is 6.77. The Morgan fingerprint density at radius 2 is 1.84 bits per heavy atom. The topological polar surface area (TPSA) is 46.9 Å². The molecule has 5 rings (SSSR count). The number of para-hydroxylation sites is 1. The van der Waals surface area contributed by atoms with Gasteiger partial charge in [0.05, 0.1) is 28.5 Å². The van der Waals surface area contributed by atoms with Crippen LogP contribution in [0.15, 0.2) is 48.8 Å². The first-order chi connectivity index (χ1) is 14.7. The van der Waals surface area contributed by atoms with E-state index in [0.717, 1.165) is 30.9 Å². The number of aromatic nitrogens is 2. The highest BCUT2D eigenvalue weighted by atomic mass is 19.4. The van der Waals surface area contributed by atoms with Gasteiger partial charge in [-0.25, -0.2) is 4.98 Å². The molecule has 1 N–H and O–H groups in total. The fourth-order valence-corrected chi connectivity index (χ4v) is 5.53. The molecule has 3 aromatic rings. The number of hydrogen-bond donors (Lipinski definition) is 1. The first-order valence-electron chi connectivity index (χ1n) is 10.6. The lowest BCUT2D eigenvalue weighted by atomic mass is 9.50. The number of carbonyl (C=O) groups is 1. The quantitative estimate of drug-likeness (QED) is 0.605. The molecule has 0 bridgehead atoms. The Labute approximate surface area is 178 Å². The number of imidazole rings is 1. The predicted octanol–water partition coefficient (Wildman–Crippen LogP) is 5.41. The number of fused-ring (bicyclic) bond motifs is 1. The van der Waals surface area contributed by atoms with Crippen molar-refractivity contribution in [3.63, 3.8) is 0 Å². The fourth-order valence-electron chi connectivity index (χ4n) is 5.53. The van der Waals surface area contributed by atoms with Gasteiger partial charge < -0.3 is 9.88 Å². The molecule has 7 heteroatoms. The van der Waals surface area contributed by atoms with Crippen molar-refractivity contribution >= 4 is 16.9 Å². The number of amides is 1. The van der Waals surface area contributed by atoms with E-state index in [9.17, 15) is 18.0 Å². The molecule has 2 fully saturated rings. The summed E-state index contributed by atoms with van der Waals surface area (Å²) < 4.78 is 40.3. The highest BCUT2D eigenvalue weighted by Crippen LogP contribution is 2.58. The monoisotopic (exact) mass is 427 g/mol. The Morgan fingerprint density at radius 1 is 1.13 bits per heavy atom. The van der Waals surface area contributed by atoms with Gasteiger partial charge in [-0.15, -0.1) is 0 Å². The zero-order valence-corrected chi connectivity index (χ0v) is 17.2. The standard InChI is InChI=1S/C24H24F3N3O/c1-15-9-23(10-15)11-18(12-23)29-22(31)19-3-2-4-20-21(19)30(14-28-20)13-16-5-7-17(8-6-16)24(25,26)27/h2-8,14-15,18H,9-13H2,1H3,(H,29,31). The Balaban J connectivity index is 1.34. The average Bonchev–Trinajstić information content (AvgIpc) is 3.08. The molecule has 2 aromatic carbocycles. The largest absolute Gasteiger partial charge is 0.416 e. The number of hydrogen-bond acceptors (Lipinski definition) is 2. The van der Waals surface area contributed by atoms with E-state index < -0.39 is 11.7 Å². The number of benzene rings is 2. The minimum Gasteiger partial charge on any atom is -0.349 e. The lowest BCUT2D eigenvalue weighted by Gasteiger charge is -2.57. The first kappa shape index (κ1) is 20.1. The second-order valence-electron chi connectivity index (χ2n) is 9.33. The van der Waals surface area contributed by atoms with E-state index in [1.165, 1.54) is 25.0 Å². The van der Waals surface area contributed by atoms with E-state index in [-0.39, 0.29) is 11.9 Å². The van der Waals surface area contributed by atoms with Crippen molar-refractivity contribution in [2.24, 2.45) is 11.3 Å². The van der Waals surface area contributed by atoms with Crippen molar-refractivity contribution in [1.82, 2.24) is 14.9 Å². The van der Waals surface area contributed by atoms with Gasteiger partial charge in [0.15, 0.2) is 0 Å². The van der Waals surface area contributed by atoms with Gasteiger partial charge in [-0.3, -0.25) is 4.79 Å². The van der Waals surface area contributed by atoms with Crippen LogP contribution in [0.3, 0.4) is 0 Å². The molecule has 1 amide bonds. The summed E-state index contributed by atoms with van der Waals surface area (Å²) in [6.45, 7) is 2.61. The molecule has 2 saturated carbocycles. The SMILES string of the molecule is CC1CC2(C1)CC(NC(=O)c1cccc3ncn(Cc4ccc(C(F)(F)F)cc4)c13)C2. The minimum atomic E-state index is -4.36. The van der Waals surface area contributed by atoms with Crippen LogP contribution in [0.5, 0.6) is 0 Å². The van der Waals surface area contributed by atoms with E-state index in [1.807, 2.05) is 16.7 Å². The van der Waals surface area contributed by atoms with E-state index in [4.69, 9.17) is 0 Å². The minimum absolute atomic E-state index is 0.119. The van der Waals surface area contributed by atoms with E-state index >= 15 is 0 Å². The van der Waals surface area contributed by atoms with Crippen LogP contribution >= 0.6 is 0 Å². The second-order valence-corrected chi connectivity index (χ2v) is 9.33. The molecular formula is C24H24F3N3O. The first-order valence-corrected chi connectivity index (χ1v) is 10.6. The van der Waals surface area contributed by atoms with Crippen LogP contribution < -0.4 is 5.32 Å². The number of nitrogens with zero attached hydrogens (tertiary/aromatic N) is 2. The van der Waals surface area contributed by atoms with E-state index in [2.05, 4.69) is 17.2 Å². The lowest BCUT2D eigenvalue weighted by Crippen LogP contribution is -2.55. The highest BCUT2D eigenvalue weighted by molar-refractivity contribution is 6.05. The third kappa shape index (κ3) is 3.70. The van der Waals surface area contributed by atoms with Gasteiger partial charge in [-0.1, -0.05) is 25.1 Å². The summed E-state index contributed by atoms with van der Waals surface area (Å²) in [5.41, 5.74) is 2.43. The highest BCUT2D eigenvalue weighted by Gasteiger charge is 2.51. The van der Waals surface area contributed by atoms with Crippen LogP contribution in [0.4, 0.5) is 13.2 Å². The molecule has 2 aliphatic carbocycles. The summed E-state index contributed by atoms with van der Waals surface area (Å²) in [4.78, 5) is 17.4. The predicted molar refractivity (Wildman–Crippen MR) is 112 cm³/mol. The lowest BCUT2D eigenvalue weighted by molar-refractivity contribution is -0.137. The Kier molecular flexibility index (Phi) is 4.61. The molecule has 0 radical (unpaired) electrons. The van der Waals surface area contributed by atoms with Crippen LogP contribution in [-0.2, 0) is 12.7 Å². The summed E-state index contributed by atoms with van der Waals surface area (Å²) in [6, 6.07) is 10.7. The van der Waals surface area contributed by atoms with Crippen LogP contribution in [0, 0.1) is 11.3 Å². The van der Waals surface area contributed by atoms with Gasteiger partial charge in [-0.05, 0) is 66.8 Å². The number of halogens is 3. The Morgan fingerprint density at radius 3 is 2.48 bits per heavy atom. The van der Waals surface area contributed by atoms with Gasteiger partial charge >= 0.3 is 6.18 Å². The number of carbonyl (C=O) groups excluding carboxylic acids is 1. The maximum atomic E-state index is 13.0. The van der Waals surface area contributed by atoms with Gasteiger partial charge in [0.25, 0.3) is 5.91 Å². The second kappa shape index (κ2) is 7.11. The summed E-state index contributed by atoms with van der Waals surface area (Å²) in [6.07, 6.45) is 1.88. The molecule has 0 saturated heterocycles. The van der Waals surface area contributed by atoms with Crippen LogP contribution in [0.1, 0.15) is 54.1 Å². The molecule has 1 heterocycles. The summed E-state index contributed by atoms with van der Waals surface area (Å²) in [5.74, 6) is 0.678. The average molecular weight is 427 g/mol. The number of alkyl halides is 3. The van der Waals surface area contributed by atoms with Crippen molar-refractivity contribution in [2.75, 3.05) is 0 Å². The van der Waals surface area contributed by atoms with Gasteiger partial charge in [0.1, 0.15) is 0 Å². The molecule has 1 aromatic heterocycles. The molecule has 31 heavy (non-hydrogen) atoms. The smallest absolute Gasteiger partial charge is 0.349 e. The summed E-state index contributed by atoms with van der Waals surface area (Å²) in [7, 11) is 0. The van der Waals surface area contributed by atoms with Crippen molar-refractivity contribution in [3.8, 4) is 0 Å². The normalized spacial score (nSPS) is 25.3. The maximum absolute atomic E-state index is 13.0. The molecular weight excluding hydrogens is 403 g/mol. The van der Waals surface area contributed by atoms with Crippen molar-refractivity contribution in [2.45, 2.75) is 51.4 Å². The molecule has 0 aliphatic heterocycles. The summed E-state index contributed by atoms with van der Waals surface area (Å²) >= 11 is 0. The van der Waals surface area contributed by atoms with Crippen LogP contribution in [0.2, 0.25) is 0 Å². The fraction of sp³-hybridized carbons (Fsp3) is 0.417. The van der Waals surface area contributed by atoms with Gasteiger partial charge in [-0.2, -0.15) is 13.2 Å². The molecule has 1 spiro atoms. The van der Waals surface area contributed by atoms with Crippen LogP contribution in [0.25, 0.3) is 11.0 Å². The third-order valence-corrected chi connectivity index (χ3v) is 6.77. The molecule has 4 nitrogen and oxygen atoms in total. The van der Waals surface area contributed by atoms with Crippen molar-refractivity contribution in [1.29, 1.82) is 0 Å². The Hall–Kier alpha value is -2.83. The number of rotatable bonds is 4. The molecule has 2 aliphatic rings. The molecule has 0 unspecified atom stereocenters.